The Kier molecular flexibility index (Phi) is 6.11. The molecule has 2 aromatic rings. The van der Waals surface area contributed by atoms with Crippen LogP contribution in [-0.4, -0.2) is 77.1 Å². The molecule has 2 fully saturated rings. The summed E-state index contributed by atoms with van der Waals surface area (Å²) in [6.45, 7) is 7.24. The van der Waals surface area contributed by atoms with Crippen molar-refractivity contribution in [3.8, 4) is 0 Å². The zero-order valence-electron chi connectivity index (χ0n) is 18.1. The Labute approximate surface area is 181 Å². The number of carbonyl (C=O) groups is 3. The number of ether oxygens (including phenoxy) is 2. The Morgan fingerprint density at radius 2 is 1.68 bits per heavy atom. The molecule has 1 aromatic heterocycles. The van der Waals surface area contributed by atoms with Crippen LogP contribution in [-0.2, 0) is 25.6 Å². The van der Waals surface area contributed by atoms with E-state index in [1.807, 2.05) is 38.1 Å². The molecular formula is C23H29N3O5. The summed E-state index contributed by atoms with van der Waals surface area (Å²) in [5.74, 6) is -1.69. The largest absolute Gasteiger partial charge is 0.347 e. The van der Waals surface area contributed by atoms with Crippen LogP contribution in [0.4, 0.5) is 0 Å². The number of ketones is 1. The molecule has 4 rings (SSSR count). The Hall–Kier alpha value is -2.71. The molecule has 0 saturated carbocycles. The number of fused-ring (bicyclic) bond motifs is 1. The summed E-state index contributed by atoms with van der Waals surface area (Å²) in [4.78, 5) is 42.1. The molecule has 2 aliphatic rings. The maximum atomic E-state index is 13.2. The number of carbonyl (C=O) groups excluding carboxylic acids is 3. The molecule has 166 valence electrons. The number of likely N-dealkylation sites (N-methyl/N-ethyl adjacent to an activating group) is 1. The average molecular weight is 428 g/mol. The molecule has 2 saturated heterocycles. The highest BCUT2D eigenvalue weighted by Crippen LogP contribution is 2.32. The monoisotopic (exact) mass is 427 g/mol. The van der Waals surface area contributed by atoms with Gasteiger partial charge in [-0.2, -0.15) is 0 Å². The number of nitrogens with zero attached hydrogens (tertiary/aromatic N) is 3. The SMILES string of the molecule is CCN(CC)C(=O)Cn1cc(C(=O)C(=O)N2CCC3(CC2)OCCO3)c2ccccc21. The van der Waals surface area contributed by atoms with Gasteiger partial charge in [0.05, 0.1) is 18.8 Å². The van der Waals surface area contributed by atoms with Gasteiger partial charge in [-0.05, 0) is 19.9 Å². The molecule has 1 spiro atoms. The number of hydrogen-bond donors (Lipinski definition) is 0. The van der Waals surface area contributed by atoms with Crippen molar-refractivity contribution in [2.75, 3.05) is 39.4 Å². The molecule has 31 heavy (non-hydrogen) atoms. The highest BCUT2D eigenvalue weighted by Gasteiger charge is 2.41. The molecular weight excluding hydrogens is 398 g/mol. The van der Waals surface area contributed by atoms with Gasteiger partial charge in [0.2, 0.25) is 5.91 Å². The second kappa shape index (κ2) is 8.80. The molecule has 0 N–H and O–H groups in total. The van der Waals surface area contributed by atoms with Gasteiger partial charge >= 0.3 is 0 Å². The minimum absolute atomic E-state index is 0.0195. The van der Waals surface area contributed by atoms with Crippen molar-refractivity contribution in [1.82, 2.24) is 14.4 Å². The van der Waals surface area contributed by atoms with Crippen LogP contribution in [0.2, 0.25) is 0 Å². The van der Waals surface area contributed by atoms with E-state index >= 15 is 0 Å². The lowest BCUT2D eigenvalue weighted by molar-refractivity contribution is -0.186. The molecule has 1 aromatic carbocycles. The summed E-state index contributed by atoms with van der Waals surface area (Å²) in [5.41, 5.74) is 1.10. The molecule has 0 radical (unpaired) electrons. The van der Waals surface area contributed by atoms with Crippen LogP contribution >= 0.6 is 0 Å². The van der Waals surface area contributed by atoms with E-state index in [1.165, 1.54) is 0 Å². The van der Waals surface area contributed by atoms with Gasteiger partial charge in [0.15, 0.2) is 5.79 Å². The van der Waals surface area contributed by atoms with Crippen molar-refractivity contribution in [2.24, 2.45) is 0 Å². The fourth-order valence-electron chi connectivity index (χ4n) is 4.48. The number of para-hydroxylation sites is 1. The minimum Gasteiger partial charge on any atom is -0.347 e. The van der Waals surface area contributed by atoms with E-state index in [1.54, 1.807) is 20.6 Å². The van der Waals surface area contributed by atoms with Gasteiger partial charge in [-0.1, -0.05) is 18.2 Å². The maximum absolute atomic E-state index is 13.2. The Bertz CT molecular complexity index is 978. The van der Waals surface area contributed by atoms with E-state index < -0.39 is 17.5 Å². The minimum atomic E-state index is -0.597. The van der Waals surface area contributed by atoms with Gasteiger partial charge in [0.1, 0.15) is 6.54 Å². The van der Waals surface area contributed by atoms with E-state index in [-0.39, 0.29) is 12.5 Å². The van der Waals surface area contributed by atoms with E-state index in [9.17, 15) is 14.4 Å². The van der Waals surface area contributed by atoms with Gasteiger partial charge in [-0.25, -0.2) is 0 Å². The molecule has 0 unspecified atom stereocenters. The van der Waals surface area contributed by atoms with E-state index in [4.69, 9.17) is 9.47 Å². The number of amides is 2. The van der Waals surface area contributed by atoms with Crippen molar-refractivity contribution in [3.63, 3.8) is 0 Å². The average Bonchev–Trinajstić information content (AvgIpc) is 3.39. The molecule has 8 nitrogen and oxygen atoms in total. The molecule has 2 aliphatic heterocycles. The van der Waals surface area contributed by atoms with Crippen LogP contribution in [0.25, 0.3) is 10.9 Å². The lowest BCUT2D eigenvalue weighted by Crippen LogP contribution is -2.49. The first kappa shape index (κ1) is 21.5. The van der Waals surface area contributed by atoms with E-state index in [2.05, 4.69) is 0 Å². The predicted molar refractivity (Wildman–Crippen MR) is 115 cm³/mol. The second-order valence-electron chi connectivity index (χ2n) is 7.98. The summed E-state index contributed by atoms with van der Waals surface area (Å²) < 4.78 is 13.2. The first-order valence-electron chi connectivity index (χ1n) is 10.9. The second-order valence-corrected chi connectivity index (χ2v) is 7.98. The molecule has 8 heteroatoms. The molecule has 3 heterocycles. The third-order valence-corrected chi connectivity index (χ3v) is 6.28. The Morgan fingerprint density at radius 3 is 2.32 bits per heavy atom. The van der Waals surface area contributed by atoms with Gasteiger partial charge in [0.25, 0.3) is 11.7 Å². The first-order valence-corrected chi connectivity index (χ1v) is 10.9. The zero-order valence-corrected chi connectivity index (χ0v) is 18.1. The Morgan fingerprint density at radius 1 is 1.03 bits per heavy atom. The smallest absolute Gasteiger partial charge is 0.295 e. The summed E-state index contributed by atoms with van der Waals surface area (Å²) in [6, 6.07) is 7.38. The number of piperidine rings is 1. The third-order valence-electron chi connectivity index (χ3n) is 6.28. The quantitative estimate of drug-likeness (QED) is 0.521. The molecule has 0 bridgehead atoms. The summed E-state index contributed by atoms with van der Waals surface area (Å²) in [5, 5.41) is 0.684. The number of rotatable bonds is 6. The first-order chi connectivity index (χ1) is 15.0. The highest BCUT2D eigenvalue weighted by molar-refractivity contribution is 6.44. The normalized spacial score (nSPS) is 17.9. The lowest BCUT2D eigenvalue weighted by Gasteiger charge is -2.37. The summed E-state index contributed by atoms with van der Waals surface area (Å²) in [6.07, 6.45) is 2.76. The van der Waals surface area contributed by atoms with Gasteiger partial charge in [-0.3, -0.25) is 14.4 Å². The fourth-order valence-corrected chi connectivity index (χ4v) is 4.48. The van der Waals surface area contributed by atoms with E-state index in [0.29, 0.717) is 63.2 Å². The highest BCUT2D eigenvalue weighted by atomic mass is 16.7. The molecule has 0 aliphatic carbocycles. The van der Waals surface area contributed by atoms with Crippen molar-refractivity contribution in [2.45, 2.75) is 39.0 Å². The fraction of sp³-hybridized carbons (Fsp3) is 0.522. The topological polar surface area (TPSA) is 81.1 Å². The number of hydrogen-bond acceptors (Lipinski definition) is 5. The lowest BCUT2D eigenvalue weighted by atomic mass is 10.0. The van der Waals surface area contributed by atoms with Crippen LogP contribution in [0, 0.1) is 0 Å². The summed E-state index contributed by atoms with van der Waals surface area (Å²) in [7, 11) is 0. The zero-order chi connectivity index (χ0) is 22.0. The number of likely N-dealkylation sites (tertiary alicyclic amines) is 1. The van der Waals surface area contributed by atoms with Crippen molar-refractivity contribution in [3.05, 3.63) is 36.0 Å². The summed E-state index contributed by atoms with van der Waals surface area (Å²) >= 11 is 0. The molecule has 2 amide bonds. The van der Waals surface area contributed by atoms with Crippen LogP contribution in [0.3, 0.4) is 0 Å². The standard InChI is InChI=1S/C23H29N3O5/c1-3-24(4-2)20(27)16-26-15-18(17-7-5-6-8-19(17)26)21(28)22(29)25-11-9-23(10-12-25)30-13-14-31-23/h5-8,15H,3-4,9-14,16H2,1-2H3. The van der Waals surface area contributed by atoms with Gasteiger partial charge in [-0.15, -0.1) is 0 Å². The Balaban J connectivity index is 1.54. The van der Waals surface area contributed by atoms with Gasteiger partial charge in [0, 0.05) is 56.1 Å². The van der Waals surface area contributed by atoms with Crippen LogP contribution in [0.15, 0.2) is 30.5 Å². The van der Waals surface area contributed by atoms with Crippen LogP contribution in [0.1, 0.15) is 37.0 Å². The van der Waals surface area contributed by atoms with E-state index in [0.717, 1.165) is 5.52 Å². The predicted octanol–water partition coefficient (Wildman–Crippen LogP) is 2.06. The van der Waals surface area contributed by atoms with Crippen LogP contribution < -0.4 is 0 Å². The third kappa shape index (κ3) is 4.09. The van der Waals surface area contributed by atoms with Crippen LogP contribution in [0.5, 0.6) is 0 Å². The van der Waals surface area contributed by atoms with Gasteiger partial charge < -0.3 is 23.8 Å². The van der Waals surface area contributed by atoms with Crippen molar-refractivity contribution in [1.29, 1.82) is 0 Å². The van der Waals surface area contributed by atoms with Crippen molar-refractivity contribution < 1.29 is 23.9 Å². The number of benzene rings is 1. The molecule has 0 atom stereocenters. The number of Topliss-reactive ketones (excluding diaryl/α,β-unsaturated/α-hetero) is 1. The maximum Gasteiger partial charge on any atom is 0.295 e. The van der Waals surface area contributed by atoms with Crippen molar-refractivity contribution >= 4 is 28.5 Å². The number of aromatic nitrogens is 1.